The van der Waals surface area contributed by atoms with E-state index in [1.807, 2.05) is 0 Å². The van der Waals surface area contributed by atoms with Gasteiger partial charge >= 0.3 is 5.97 Å². The van der Waals surface area contributed by atoms with Crippen LogP contribution in [0.2, 0.25) is 5.02 Å². The molecule has 5 nitrogen and oxygen atoms in total. The number of azide groups is 1. The Hall–Kier alpha value is -1.71. The Morgan fingerprint density at radius 1 is 1.53 bits per heavy atom. The molecule has 0 radical (unpaired) electrons. The van der Waals surface area contributed by atoms with E-state index in [9.17, 15) is 4.79 Å². The SMILES string of the molecule is CCOC(=O)C(Cc1ccc(Cl)cc1)N=[N+]=[N-]. The third-order valence-corrected chi connectivity index (χ3v) is 2.34. The van der Waals surface area contributed by atoms with Gasteiger partial charge in [0.2, 0.25) is 0 Å². The summed E-state index contributed by atoms with van der Waals surface area (Å²) < 4.78 is 4.82. The molecule has 1 atom stereocenters. The maximum Gasteiger partial charge on any atom is 0.315 e. The molecule has 0 spiro atoms. The van der Waals surface area contributed by atoms with Gasteiger partial charge in [-0.1, -0.05) is 28.8 Å². The first-order valence-corrected chi connectivity index (χ1v) is 5.50. The Labute approximate surface area is 104 Å². The molecule has 1 aromatic rings. The van der Waals surface area contributed by atoms with Gasteiger partial charge in [-0.15, -0.1) is 0 Å². The fourth-order valence-corrected chi connectivity index (χ4v) is 1.44. The van der Waals surface area contributed by atoms with E-state index in [2.05, 4.69) is 10.0 Å². The minimum absolute atomic E-state index is 0.261. The van der Waals surface area contributed by atoms with Crippen LogP contribution in [0.15, 0.2) is 29.4 Å². The zero-order valence-electron chi connectivity index (χ0n) is 9.34. The summed E-state index contributed by atoms with van der Waals surface area (Å²) in [6, 6.07) is 6.16. The zero-order chi connectivity index (χ0) is 12.7. The summed E-state index contributed by atoms with van der Waals surface area (Å²) >= 11 is 5.75. The van der Waals surface area contributed by atoms with Crippen LogP contribution in [0.1, 0.15) is 12.5 Å². The summed E-state index contributed by atoms with van der Waals surface area (Å²) in [6.07, 6.45) is 0.306. The predicted molar refractivity (Wildman–Crippen MR) is 64.7 cm³/mol. The average molecular weight is 254 g/mol. The lowest BCUT2D eigenvalue weighted by atomic mass is 10.1. The van der Waals surface area contributed by atoms with Crippen LogP contribution in [-0.2, 0) is 16.0 Å². The highest BCUT2D eigenvalue weighted by atomic mass is 35.5. The first-order chi connectivity index (χ1) is 8.17. The number of rotatable bonds is 5. The second-order valence-electron chi connectivity index (χ2n) is 3.30. The van der Waals surface area contributed by atoms with E-state index >= 15 is 0 Å². The Morgan fingerprint density at radius 3 is 2.71 bits per heavy atom. The van der Waals surface area contributed by atoms with Gasteiger partial charge in [-0.3, -0.25) is 4.79 Å². The van der Waals surface area contributed by atoms with Gasteiger partial charge in [-0.05, 0) is 36.6 Å². The number of ether oxygens (including phenoxy) is 1. The van der Waals surface area contributed by atoms with Crippen molar-refractivity contribution in [2.75, 3.05) is 6.61 Å². The molecule has 0 amide bonds. The summed E-state index contributed by atoms with van der Waals surface area (Å²) in [5.41, 5.74) is 9.27. The lowest BCUT2D eigenvalue weighted by Crippen LogP contribution is -2.23. The highest BCUT2D eigenvalue weighted by Crippen LogP contribution is 2.13. The van der Waals surface area contributed by atoms with Crippen LogP contribution in [0.5, 0.6) is 0 Å². The number of halogens is 1. The summed E-state index contributed by atoms with van der Waals surface area (Å²) in [5.74, 6) is -0.514. The van der Waals surface area contributed by atoms with Crippen LogP contribution in [0.25, 0.3) is 10.4 Å². The summed E-state index contributed by atoms with van der Waals surface area (Å²) in [5, 5.41) is 4.05. The van der Waals surface area contributed by atoms with Gasteiger partial charge in [0.25, 0.3) is 0 Å². The number of carbonyl (C=O) groups is 1. The molecule has 0 aliphatic carbocycles. The smallest absolute Gasteiger partial charge is 0.315 e. The van der Waals surface area contributed by atoms with Gasteiger partial charge < -0.3 is 4.74 Å². The Kier molecular flexibility index (Phi) is 5.33. The molecule has 1 unspecified atom stereocenters. The number of esters is 1. The summed E-state index contributed by atoms with van der Waals surface area (Å²) in [7, 11) is 0. The zero-order valence-corrected chi connectivity index (χ0v) is 10.1. The molecule has 90 valence electrons. The maximum absolute atomic E-state index is 11.5. The van der Waals surface area contributed by atoms with Crippen molar-refractivity contribution < 1.29 is 9.53 Å². The standard InChI is InChI=1S/C11H12ClN3O2/c1-2-17-11(16)10(14-15-13)7-8-3-5-9(12)6-4-8/h3-6,10H,2,7H2,1H3. The highest BCUT2D eigenvalue weighted by molar-refractivity contribution is 6.30. The molecule has 0 fully saturated rings. The van der Waals surface area contributed by atoms with Crippen molar-refractivity contribution in [2.24, 2.45) is 5.11 Å². The molecule has 0 aliphatic rings. The van der Waals surface area contributed by atoms with Crippen molar-refractivity contribution in [3.63, 3.8) is 0 Å². The molecule has 1 rings (SSSR count). The largest absolute Gasteiger partial charge is 0.466 e. The fraction of sp³-hybridized carbons (Fsp3) is 0.364. The van der Waals surface area contributed by atoms with E-state index in [1.165, 1.54) is 0 Å². The van der Waals surface area contributed by atoms with E-state index < -0.39 is 12.0 Å². The van der Waals surface area contributed by atoms with Crippen molar-refractivity contribution in [1.29, 1.82) is 0 Å². The fourth-order valence-electron chi connectivity index (χ4n) is 1.32. The van der Waals surface area contributed by atoms with Crippen molar-refractivity contribution in [2.45, 2.75) is 19.4 Å². The molecule has 0 heterocycles. The Balaban J connectivity index is 2.76. The van der Waals surface area contributed by atoms with Crippen molar-refractivity contribution >= 4 is 17.6 Å². The molecule has 0 saturated heterocycles. The molecule has 0 saturated carbocycles. The molecule has 0 aromatic heterocycles. The summed E-state index contributed by atoms with van der Waals surface area (Å²) in [6.45, 7) is 1.96. The third-order valence-electron chi connectivity index (χ3n) is 2.09. The van der Waals surface area contributed by atoms with E-state index in [0.717, 1.165) is 5.56 Å². The molecule has 0 bridgehead atoms. The molecule has 1 aromatic carbocycles. The van der Waals surface area contributed by atoms with Gasteiger partial charge in [-0.2, -0.15) is 0 Å². The third kappa shape index (κ3) is 4.34. The highest BCUT2D eigenvalue weighted by Gasteiger charge is 2.18. The number of benzene rings is 1. The van der Waals surface area contributed by atoms with Crippen molar-refractivity contribution in [1.82, 2.24) is 0 Å². The molecule has 6 heteroatoms. The van der Waals surface area contributed by atoms with Crippen LogP contribution >= 0.6 is 11.6 Å². The van der Waals surface area contributed by atoms with Gasteiger partial charge in [0.15, 0.2) is 0 Å². The number of hydrogen-bond acceptors (Lipinski definition) is 3. The topological polar surface area (TPSA) is 75.1 Å². The van der Waals surface area contributed by atoms with Crippen LogP contribution in [0.3, 0.4) is 0 Å². The minimum atomic E-state index is -0.832. The maximum atomic E-state index is 11.5. The second-order valence-corrected chi connectivity index (χ2v) is 3.74. The predicted octanol–water partition coefficient (Wildman–Crippen LogP) is 3.12. The van der Waals surface area contributed by atoms with E-state index in [-0.39, 0.29) is 6.61 Å². The quantitative estimate of drug-likeness (QED) is 0.350. The molecular formula is C11H12ClN3O2. The van der Waals surface area contributed by atoms with Gasteiger partial charge in [0.05, 0.1) is 6.61 Å². The average Bonchev–Trinajstić information content (AvgIpc) is 2.31. The first kappa shape index (κ1) is 13.4. The van der Waals surface area contributed by atoms with Crippen LogP contribution in [-0.4, -0.2) is 18.6 Å². The monoisotopic (exact) mass is 253 g/mol. The minimum Gasteiger partial charge on any atom is -0.466 e. The molecule has 0 aliphatic heterocycles. The van der Waals surface area contributed by atoms with Crippen molar-refractivity contribution in [3.05, 3.63) is 45.3 Å². The van der Waals surface area contributed by atoms with Crippen LogP contribution in [0.4, 0.5) is 0 Å². The van der Waals surface area contributed by atoms with E-state index in [0.29, 0.717) is 11.4 Å². The molecular weight excluding hydrogens is 242 g/mol. The first-order valence-electron chi connectivity index (χ1n) is 5.12. The summed E-state index contributed by atoms with van der Waals surface area (Å²) in [4.78, 5) is 14.1. The van der Waals surface area contributed by atoms with Crippen LogP contribution < -0.4 is 0 Å². The number of hydrogen-bond donors (Lipinski definition) is 0. The van der Waals surface area contributed by atoms with E-state index in [4.69, 9.17) is 21.9 Å². The normalized spacial score (nSPS) is 11.4. The van der Waals surface area contributed by atoms with Crippen LogP contribution in [0, 0.1) is 0 Å². The molecule has 0 N–H and O–H groups in total. The van der Waals surface area contributed by atoms with Gasteiger partial charge in [-0.25, -0.2) is 0 Å². The lowest BCUT2D eigenvalue weighted by molar-refractivity contribution is -0.144. The van der Waals surface area contributed by atoms with Gasteiger partial charge in [0, 0.05) is 9.93 Å². The molecule has 17 heavy (non-hydrogen) atoms. The lowest BCUT2D eigenvalue weighted by Gasteiger charge is -2.09. The Bertz CT molecular complexity index is 427. The number of nitrogens with zero attached hydrogens (tertiary/aromatic N) is 3. The van der Waals surface area contributed by atoms with Crippen molar-refractivity contribution in [3.8, 4) is 0 Å². The number of carbonyl (C=O) groups excluding carboxylic acids is 1. The van der Waals surface area contributed by atoms with Gasteiger partial charge in [0.1, 0.15) is 6.04 Å². The Morgan fingerprint density at radius 2 is 2.18 bits per heavy atom. The second kappa shape index (κ2) is 6.78. The van der Waals surface area contributed by atoms with E-state index in [1.54, 1.807) is 31.2 Å².